The molecule has 0 aromatic rings. The molecule has 0 aliphatic carbocycles. The number of hydrogen-bond donors (Lipinski definition) is 0. The summed E-state index contributed by atoms with van der Waals surface area (Å²) >= 11 is 0. The van der Waals surface area contributed by atoms with Crippen molar-refractivity contribution in [2.24, 2.45) is 11.3 Å². The Balaban J connectivity index is 3.71. The summed E-state index contributed by atoms with van der Waals surface area (Å²) in [6, 6.07) is 0. The molecule has 2 heteroatoms. The molecule has 0 aromatic carbocycles. The minimum atomic E-state index is -0.397. The van der Waals surface area contributed by atoms with Crippen molar-refractivity contribution in [3.63, 3.8) is 0 Å². The summed E-state index contributed by atoms with van der Waals surface area (Å²) in [6.07, 6.45) is 0. The number of esters is 1. The van der Waals surface area contributed by atoms with Gasteiger partial charge in [-0.25, -0.2) is 0 Å². The summed E-state index contributed by atoms with van der Waals surface area (Å²) in [5.41, 5.74) is -0.397. The minimum Gasteiger partial charge on any atom is -0.458 e. The Morgan fingerprint density at radius 3 is 2.09 bits per heavy atom. The summed E-state index contributed by atoms with van der Waals surface area (Å²) in [5.74, 6) is 0.118. The van der Waals surface area contributed by atoms with Crippen molar-refractivity contribution in [1.29, 1.82) is 0 Å². The van der Waals surface area contributed by atoms with Crippen LogP contribution in [-0.2, 0) is 9.53 Å². The Morgan fingerprint density at radius 1 is 1.36 bits per heavy atom. The van der Waals surface area contributed by atoms with Gasteiger partial charge in [0, 0.05) is 0 Å². The number of ether oxygens (including phenoxy) is 1. The van der Waals surface area contributed by atoms with E-state index in [1.54, 1.807) is 6.61 Å². The van der Waals surface area contributed by atoms with Crippen molar-refractivity contribution in [3.8, 4) is 0 Å². The summed E-state index contributed by atoms with van der Waals surface area (Å²) in [4.78, 5) is 11.1. The van der Waals surface area contributed by atoms with Crippen molar-refractivity contribution >= 4 is 5.97 Å². The van der Waals surface area contributed by atoms with Gasteiger partial charge in [-0.1, -0.05) is 13.8 Å². The van der Waals surface area contributed by atoms with Crippen molar-refractivity contribution in [3.05, 3.63) is 6.61 Å². The van der Waals surface area contributed by atoms with Gasteiger partial charge >= 0.3 is 5.97 Å². The van der Waals surface area contributed by atoms with Crippen LogP contribution in [0, 0.1) is 17.9 Å². The predicted molar refractivity (Wildman–Crippen MR) is 44.7 cm³/mol. The SMILES string of the molecule is CC(C)[CH]OC(=O)C(C)(C)C. The van der Waals surface area contributed by atoms with Gasteiger partial charge in [0.2, 0.25) is 0 Å². The zero-order valence-electron chi connectivity index (χ0n) is 7.97. The molecule has 1 radical (unpaired) electrons. The summed E-state index contributed by atoms with van der Waals surface area (Å²) in [7, 11) is 0. The lowest BCUT2D eigenvalue weighted by Crippen LogP contribution is -2.22. The fourth-order valence-electron chi connectivity index (χ4n) is 0.375. The monoisotopic (exact) mass is 157 g/mol. The highest BCUT2D eigenvalue weighted by molar-refractivity contribution is 5.75. The van der Waals surface area contributed by atoms with Crippen LogP contribution in [0.4, 0.5) is 0 Å². The van der Waals surface area contributed by atoms with Crippen LogP contribution in [0.1, 0.15) is 34.6 Å². The van der Waals surface area contributed by atoms with Crippen molar-refractivity contribution in [2.45, 2.75) is 34.6 Å². The Labute approximate surface area is 68.9 Å². The zero-order valence-corrected chi connectivity index (χ0v) is 7.97. The molecule has 0 atom stereocenters. The Bertz CT molecular complexity index is 131. The second-order valence-electron chi connectivity index (χ2n) is 4.04. The number of carbonyl (C=O) groups excluding carboxylic acids is 1. The third-order valence-corrected chi connectivity index (χ3v) is 1.06. The standard InChI is InChI=1S/C9H17O2/c1-7(2)6-11-8(10)9(3,4)5/h6-7H,1-5H3. The van der Waals surface area contributed by atoms with Crippen molar-refractivity contribution < 1.29 is 9.53 Å². The normalized spacial score (nSPS) is 11.8. The van der Waals surface area contributed by atoms with E-state index < -0.39 is 5.41 Å². The van der Waals surface area contributed by atoms with Crippen molar-refractivity contribution in [2.75, 3.05) is 0 Å². The predicted octanol–water partition coefficient (Wildman–Crippen LogP) is 2.39. The maximum absolute atomic E-state index is 11.1. The molecule has 2 nitrogen and oxygen atoms in total. The number of carbonyl (C=O) groups is 1. The second-order valence-corrected chi connectivity index (χ2v) is 4.04. The molecule has 0 aliphatic heterocycles. The lowest BCUT2D eigenvalue weighted by atomic mass is 9.97. The Kier molecular flexibility index (Phi) is 3.56. The van der Waals surface area contributed by atoms with Gasteiger partial charge in [-0.15, -0.1) is 0 Å². The third kappa shape index (κ3) is 4.82. The molecule has 0 aliphatic rings. The number of rotatable bonds is 2. The lowest BCUT2D eigenvalue weighted by Gasteiger charge is -2.16. The molecule has 0 aromatic heterocycles. The van der Waals surface area contributed by atoms with Gasteiger partial charge in [0.25, 0.3) is 0 Å². The van der Waals surface area contributed by atoms with E-state index in [1.165, 1.54) is 0 Å². The molecule has 11 heavy (non-hydrogen) atoms. The first-order valence-electron chi connectivity index (χ1n) is 3.88. The van der Waals surface area contributed by atoms with E-state index in [0.29, 0.717) is 5.92 Å². The zero-order chi connectivity index (χ0) is 9.07. The molecule has 0 saturated carbocycles. The first-order valence-corrected chi connectivity index (χ1v) is 3.88. The largest absolute Gasteiger partial charge is 0.458 e. The molecular weight excluding hydrogens is 140 g/mol. The van der Waals surface area contributed by atoms with Gasteiger partial charge in [0.05, 0.1) is 5.41 Å². The van der Waals surface area contributed by atoms with Gasteiger partial charge in [0.15, 0.2) is 0 Å². The van der Waals surface area contributed by atoms with Crippen LogP contribution < -0.4 is 0 Å². The van der Waals surface area contributed by atoms with Crippen LogP contribution in [0.15, 0.2) is 0 Å². The fraction of sp³-hybridized carbons (Fsp3) is 0.778. The highest BCUT2D eigenvalue weighted by Gasteiger charge is 2.23. The molecule has 0 spiro atoms. The fourth-order valence-corrected chi connectivity index (χ4v) is 0.375. The van der Waals surface area contributed by atoms with E-state index in [4.69, 9.17) is 4.74 Å². The van der Waals surface area contributed by atoms with Gasteiger partial charge in [-0.3, -0.25) is 4.79 Å². The molecule has 0 saturated heterocycles. The van der Waals surface area contributed by atoms with E-state index >= 15 is 0 Å². The maximum atomic E-state index is 11.1. The molecule has 0 bridgehead atoms. The Hall–Kier alpha value is -0.530. The van der Waals surface area contributed by atoms with Crippen LogP contribution in [-0.4, -0.2) is 5.97 Å². The average molecular weight is 157 g/mol. The minimum absolute atomic E-state index is 0.175. The molecule has 65 valence electrons. The second kappa shape index (κ2) is 3.74. The molecule has 0 unspecified atom stereocenters. The summed E-state index contributed by atoms with van der Waals surface area (Å²) in [6.45, 7) is 11.0. The van der Waals surface area contributed by atoms with E-state index in [-0.39, 0.29) is 5.97 Å². The number of hydrogen-bond acceptors (Lipinski definition) is 2. The first kappa shape index (κ1) is 10.5. The molecular formula is C9H17O2. The van der Waals surface area contributed by atoms with E-state index in [9.17, 15) is 4.79 Å². The maximum Gasteiger partial charge on any atom is 0.311 e. The van der Waals surface area contributed by atoms with Gasteiger partial charge in [0.1, 0.15) is 6.61 Å². The molecule has 0 N–H and O–H groups in total. The van der Waals surface area contributed by atoms with E-state index in [2.05, 4.69) is 0 Å². The highest BCUT2D eigenvalue weighted by atomic mass is 16.5. The van der Waals surface area contributed by atoms with Crippen LogP contribution in [0.25, 0.3) is 0 Å². The Morgan fingerprint density at radius 2 is 1.82 bits per heavy atom. The van der Waals surface area contributed by atoms with Gasteiger partial charge in [-0.05, 0) is 26.7 Å². The van der Waals surface area contributed by atoms with Crippen LogP contribution in [0.3, 0.4) is 0 Å². The molecule has 0 rings (SSSR count). The van der Waals surface area contributed by atoms with Crippen molar-refractivity contribution in [1.82, 2.24) is 0 Å². The van der Waals surface area contributed by atoms with E-state index in [0.717, 1.165) is 0 Å². The van der Waals surface area contributed by atoms with Crippen LogP contribution in [0.2, 0.25) is 0 Å². The molecule has 0 heterocycles. The quantitative estimate of drug-likeness (QED) is 0.575. The highest BCUT2D eigenvalue weighted by Crippen LogP contribution is 2.16. The van der Waals surface area contributed by atoms with E-state index in [1.807, 2.05) is 34.6 Å². The first-order chi connectivity index (χ1) is 4.84. The average Bonchev–Trinajstić information content (AvgIpc) is 1.80. The molecule has 0 amide bonds. The smallest absolute Gasteiger partial charge is 0.311 e. The molecule has 0 fully saturated rings. The van der Waals surface area contributed by atoms with Crippen LogP contribution >= 0.6 is 0 Å². The third-order valence-electron chi connectivity index (χ3n) is 1.06. The summed E-state index contributed by atoms with van der Waals surface area (Å²) < 4.78 is 4.90. The lowest BCUT2D eigenvalue weighted by molar-refractivity contribution is -0.150. The van der Waals surface area contributed by atoms with Gasteiger partial charge < -0.3 is 4.74 Å². The topological polar surface area (TPSA) is 26.3 Å². The summed E-state index contributed by atoms with van der Waals surface area (Å²) in [5, 5.41) is 0. The van der Waals surface area contributed by atoms with Gasteiger partial charge in [-0.2, -0.15) is 0 Å². The van der Waals surface area contributed by atoms with Crippen LogP contribution in [0.5, 0.6) is 0 Å².